The van der Waals surface area contributed by atoms with Crippen molar-refractivity contribution >= 4 is 28.5 Å². The van der Waals surface area contributed by atoms with Crippen molar-refractivity contribution in [3.8, 4) is 5.75 Å². The van der Waals surface area contributed by atoms with Gasteiger partial charge in [0.25, 0.3) is 0 Å². The molecule has 0 bridgehead atoms. The van der Waals surface area contributed by atoms with Crippen LogP contribution in [0.5, 0.6) is 5.75 Å². The smallest absolute Gasteiger partial charge is 0.249 e. The number of aromatic nitrogens is 3. The van der Waals surface area contributed by atoms with E-state index in [1.54, 1.807) is 48.5 Å². The van der Waals surface area contributed by atoms with Gasteiger partial charge >= 0.3 is 0 Å². The first-order valence-corrected chi connectivity index (χ1v) is 12.3. The number of fused-ring (bicyclic) bond motifs is 1. The second kappa shape index (κ2) is 11.6. The molecular weight excluding hydrogens is 497 g/mol. The maximum Gasteiger partial charge on any atom is 0.249 e. The summed E-state index contributed by atoms with van der Waals surface area (Å²) in [6.45, 7) is 0.0165. The second-order valence-corrected chi connectivity index (χ2v) is 8.86. The Morgan fingerprint density at radius 3 is 2.46 bits per heavy atom. The van der Waals surface area contributed by atoms with Crippen LogP contribution in [0.2, 0.25) is 0 Å². The molecule has 2 amide bonds. The van der Waals surface area contributed by atoms with Crippen LogP contribution in [-0.4, -0.2) is 33.9 Å². The van der Waals surface area contributed by atoms with Gasteiger partial charge in [-0.2, -0.15) is 0 Å². The van der Waals surface area contributed by atoms with Crippen molar-refractivity contribution in [3.05, 3.63) is 120 Å². The van der Waals surface area contributed by atoms with E-state index in [-0.39, 0.29) is 24.8 Å². The number of hydrogen-bond acceptors (Lipinski definition) is 5. The van der Waals surface area contributed by atoms with Crippen molar-refractivity contribution in [1.29, 1.82) is 0 Å². The minimum atomic E-state index is -1.01. The predicted octanol–water partition coefficient (Wildman–Crippen LogP) is 4.67. The summed E-state index contributed by atoms with van der Waals surface area (Å²) in [5, 5.41) is 11.2. The number of rotatable bonds is 9. The van der Waals surface area contributed by atoms with Crippen LogP contribution in [0.25, 0.3) is 11.0 Å². The molecule has 0 spiro atoms. The average molecular weight is 524 g/mol. The third-order valence-electron chi connectivity index (χ3n) is 6.31. The molecule has 39 heavy (non-hydrogen) atoms. The topological polar surface area (TPSA) is 89.3 Å². The molecule has 1 atom stereocenters. The highest BCUT2D eigenvalue weighted by molar-refractivity contribution is 6.01. The number of halogens is 1. The number of nitrogens with one attached hydrogen (secondary N) is 1. The van der Waals surface area contributed by atoms with Gasteiger partial charge in [0.05, 0.1) is 12.6 Å². The van der Waals surface area contributed by atoms with Crippen LogP contribution < -0.4 is 15.0 Å². The van der Waals surface area contributed by atoms with Crippen LogP contribution in [-0.2, 0) is 22.7 Å². The lowest BCUT2D eigenvalue weighted by atomic mass is 10.0. The van der Waals surface area contributed by atoms with E-state index in [2.05, 4.69) is 15.6 Å². The highest BCUT2D eigenvalue weighted by Crippen LogP contribution is 2.31. The fraction of sp³-hybridized carbons (Fsp3) is 0.133. The molecule has 1 N–H and O–H groups in total. The summed E-state index contributed by atoms with van der Waals surface area (Å²) in [7, 11) is 1.54. The largest absolute Gasteiger partial charge is 0.497 e. The third-order valence-corrected chi connectivity index (χ3v) is 6.31. The molecule has 0 aliphatic rings. The number of methoxy groups -OCH3 is 1. The summed E-state index contributed by atoms with van der Waals surface area (Å²) >= 11 is 0. The van der Waals surface area contributed by atoms with E-state index in [0.717, 1.165) is 5.56 Å². The number of para-hydroxylation sites is 1. The van der Waals surface area contributed by atoms with E-state index < -0.39 is 11.9 Å². The van der Waals surface area contributed by atoms with E-state index in [1.807, 2.05) is 42.5 Å². The molecule has 196 valence electrons. The minimum absolute atomic E-state index is 0.147. The Kier molecular flexibility index (Phi) is 7.58. The second-order valence-electron chi connectivity index (χ2n) is 8.86. The Morgan fingerprint density at radius 1 is 0.949 bits per heavy atom. The number of anilines is 1. The summed E-state index contributed by atoms with van der Waals surface area (Å²) < 4.78 is 20.3. The van der Waals surface area contributed by atoms with Crippen LogP contribution >= 0.6 is 0 Å². The number of benzene rings is 4. The summed E-state index contributed by atoms with van der Waals surface area (Å²) in [6.07, 6.45) is 0. The van der Waals surface area contributed by atoms with Crippen molar-refractivity contribution in [3.63, 3.8) is 0 Å². The fourth-order valence-corrected chi connectivity index (χ4v) is 4.38. The number of nitrogens with zero attached hydrogens (tertiary/aromatic N) is 4. The Morgan fingerprint density at radius 2 is 1.69 bits per heavy atom. The van der Waals surface area contributed by atoms with Gasteiger partial charge in [0.2, 0.25) is 11.8 Å². The van der Waals surface area contributed by atoms with Crippen LogP contribution in [0.4, 0.5) is 10.1 Å². The van der Waals surface area contributed by atoms with Gasteiger partial charge in [-0.25, -0.2) is 9.07 Å². The minimum Gasteiger partial charge on any atom is -0.497 e. The van der Waals surface area contributed by atoms with Gasteiger partial charge in [0, 0.05) is 18.3 Å². The quantitative estimate of drug-likeness (QED) is 0.303. The molecule has 0 saturated heterocycles. The first-order valence-electron chi connectivity index (χ1n) is 12.3. The van der Waals surface area contributed by atoms with Gasteiger partial charge in [-0.3, -0.25) is 14.5 Å². The van der Waals surface area contributed by atoms with E-state index in [4.69, 9.17) is 4.74 Å². The van der Waals surface area contributed by atoms with Crippen molar-refractivity contribution in [1.82, 2.24) is 20.3 Å². The van der Waals surface area contributed by atoms with Crippen molar-refractivity contribution < 1.29 is 18.7 Å². The van der Waals surface area contributed by atoms with Gasteiger partial charge in [-0.1, -0.05) is 65.9 Å². The van der Waals surface area contributed by atoms with Gasteiger partial charge in [0.15, 0.2) is 0 Å². The van der Waals surface area contributed by atoms with Crippen molar-refractivity contribution in [2.24, 2.45) is 0 Å². The maximum absolute atomic E-state index is 14.1. The molecule has 8 nitrogen and oxygen atoms in total. The molecule has 5 rings (SSSR count). The number of ether oxygens (including phenoxy) is 1. The van der Waals surface area contributed by atoms with Gasteiger partial charge in [0.1, 0.15) is 29.7 Å². The lowest BCUT2D eigenvalue weighted by Crippen LogP contribution is -2.45. The average Bonchev–Trinajstić information content (AvgIpc) is 3.38. The Bertz CT molecular complexity index is 1590. The molecular formula is C30H26FN5O3. The van der Waals surface area contributed by atoms with Crippen LogP contribution in [0.3, 0.4) is 0 Å². The first kappa shape index (κ1) is 25.6. The van der Waals surface area contributed by atoms with Crippen LogP contribution in [0.15, 0.2) is 103 Å². The highest BCUT2D eigenvalue weighted by atomic mass is 19.1. The molecule has 0 aliphatic carbocycles. The molecule has 1 aromatic heterocycles. The summed E-state index contributed by atoms with van der Waals surface area (Å²) in [5.74, 6) is -0.590. The number of hydrogen-bond donors (Lipinski definition) is 1. The molecule has 9 heteroatoms. The number of carbonyl (C=O) groups is 2. The zero-order chi connectivity index (χ0) is 27.2. The highest BCUT2D eigenvalue weighted by Gasteiger charge is 2.33. The lowest BCUT2D eigenvalue weighted by molar-refractivity contribution is -0.127. The lowest BCUT2D eigenvalue weighted by Gasteiger charge is -2.31. The normalized spacial score (nSPS) is 11.6. The van der Waals surface area contributed by atoms with Gasteiger partial charge < -0.3 is 10.1 Å². The number of carbonyl (C=O) groups excluding carboxylic acids is 2. The molecule has 1 heterocycles. The summed E-state index contributed by atoms with van der Waals surface area (Å²) in [5.41, 5.74) is 3.19. The molecule has 0 aliphatic heterocycles. The van der Waals surface area contributed by atoms with Gasteiger partial charge in [-0.05, 0) is 47.5 Å². The zero-order valence-electron chi connectivity index (χ0n) is 21.2. The van der Waals surface area contributed by atoms with Crippen molar-refractivity contribution in [2.75, 3.05) is 12.0 Å². The summed E-state index contributed by atoms with van der Waals surface area (Å²) in [6, 6.07) is 28.3. The van der Waals surface area contributed by atoms with E-state index in [0.29, 0.717) is 28.0 Å². The first-order chi connectivity index (χ1) is 19.0. The molecule has 0 saturated carbocycles. The molecule has 4 aromatic carbocycles. The Hall–Kier alpha value is -5.05. The van der Waals surface area contributed by atoms with E-state index in [1.165, 1.54) is 28.8 Å². The standard InChI is InChI=1S/C30H26FN5O3/c1-39-25-11-7-10-24(18-25)36(28(37)20-35-27-13-6-5-12-26(27)33-34-35)29(22-8-3-2-4-9-22)30(38)32-19-21-14-16-23(31)17-15-21/h2-18,29H,19-20H2,1H3,(H,32,38)/t29-/m0/s1. The molecule has 0 radical (unpaired) electrons. The third kappa shape index (κ3) is 5.77. The van der Waals surface area contributed by atoms with Gasteiger partial charge in [-0.15, -0.1) is 5.10 Å². The SMILES string of the molecule is COc1cccc(N(C(=O)Cn2nnc3ccccc32)[C@H](C(=O)NCc2ccc(F)cc2)c2ccccc2)c1. The van der Waals surface area contributed by atoms with Crippen LogP contribution in [0, 0.1) is 5.82 Å². The maximum atomic E-state index is 14.1. The van der Waals surface area contributed by atoms with E-state index >= 15 is 0 Å². The Balaban J connectivity index is 1.54. The molecule has 0 fully saturated rings. The summed E-state index contributed by atoms with van der Waals surface area (Å²) in [4.78, 5) is 29.3. The number of amides is 2. The monoisotopic (exact) mass is 523 g/mol. The van der Waals surface area contributed by atoms with Crippen LogP contribution in [0.1, 0.15) is 17.2 Å². The predicted molar refractivity (Wildman–Crippen MR) is 145 cm³/mol. The molecule has 0 unspecified atom stereocenters. The van der Waals surface area contributed by atoms with Crippen molar-refractivity contribution in [2.45, 2.75) is 19.1 Å². The van der Waals surface area contributed by atoms with E-state index in [9.17, 15) is 14.0 Å². The Labute approximate surface area is 224 Å². The zero-order valence-corrected chi connectivity index (χ0v) is 21.2. The fourth-order valence-electron chi connectivity index (χ4n) is 4.38. The molecule has 5 aromatic rings.